The Bertz CT molecular complexity index is 555. The van der Waals surface area contributed by atoms with E-state index in [0.717, 1.165) is 39.3 Å². The first-order chi connectivity index (χ1) is 10.7. The molecule has 118 valence electrons. The summed E-state index contributed by atoms with van der Waals surface area (Å²) in [6, 6.07) is 9.13. The van der Waals surface area contributed by atoms with Crippen molar-refractivity contribution in [3.05, 3.63) is 52.0 Å². The maximum absolute atomic E-state index is 4.38. The van der Waals surface area contributed by atoms with Crippen LogP contribution in [0.15, 0.2) is 35.2 Å². The summed E-state index contributed by atoms with van der Waals surface area (Å²) in [5.41, 5.74) is 5.99. The van der Waals surface area contributed by atoms with Crippen LogP contribution in [0.3, 0.4) is 0 Å². The van der Waals surface area contributed by atoms with Crippen LogP contribution < -0.4 is 0 Å². The van der Waals surface area contributed by atoms with Crippen LogP contribution in [0.1, 0.15) is 36.6 Å². The quantitative estimate of drug-likeness (QED) is 0.840. The monoisotopic (exact) mass is 315 g/mol. The van der Waals surface area contributed by atoms with E-state index >= 15 is 0 Å². The summed E-state index contributed by atoms with van der Waals surface area (Å²) in [6.45, 7) is 11.1. The van der Waals surface area contributed by atoms with Gasteiger partial charge in [-0.2, -0.15) is 0 Å². The smallest absolute Gasteiger partial charge is 0.0795 e. The number of thiazole rings is 1. The second-order valence-corrected chi connectivity index (χ2v) is 7.15. The van der Waals surface area contributed by atoms with Crippen molar-refractivity contribution >= 4 is 11.3 Å². The lowest BCUT2D eigenvalue weighted by Gasteiger charge is -2.34. The molecule has 0 saturated carbocycles. The number of nitrogens with zero attached hydrogens (tertiary/aromatic N) is 3. The van der Waals surface area contributed by atoms with Gasteiger partial charge in [-0.1, -0.05) is 38.1 Å². The SMILES string of the molecule is CC(C)c1ccc(CN2CCN(Cc3cscn3)CC2)cc1. The van der Waals surface area contributed by atoms with Crippen LogP contribution in [-0.4, -0.2) is 41.0 Å². The molecule has 1 fully saturated rings. The van der Waals surface area contributed by atoms with Crippen LogP contribution in [0.5, 0.6) is 0 Å². The van der Waals surface area contributed by atoms with E-state index in [0.29, 0.717) is 5.92 Å². The lowest BCUT2D eigenvalue weighted by molar-refractivity contribution is 0.121. The Morgan fingerprint density at radius 2 is 1.64 bits per heavy atom. The minimum atomic E-state index is 0.614. The molecule has 2 heterocycles. The molecule has 0 N–H and O–H groups in total. The van der Waals surface area contributed by atoms with E-state index in [-0.39, 0.29) is 0 Å². The van der Waals surface area contributed by atoms with Crippen molar-refractivity contribution in [3.8, 4) is 0 Å². The molecule has 1 aromatic carbocycles. The molecule has 1 aliphatic heterocycles. The Balaban J connectivity index is 1.47. The average molecular weight is 315 g/mol. The summed E-state index contributed by atoms with van der Waals surface area (Å²) in [7, 11) is 0. The molecule has 1 aromatic heterocycles. The minimum absolute atomic E-state index is 0.614. The van der Waals surface area contributed by atoms with Crippen molar-refractivity contribution in [2.75, 3.05) is 26.2 Å². The number of aromatic nitrogens is 1. The summed E-state index contributed by atoms with van der Waals surface area (Å²) in [4.78, 5) is 9.45. The van der Waals surface area contributed by atoms with Crippen molar-refractivity contribution in [1.82, 2.24) is 14.8 Å². The van der Waals surface area contributed by atoms with Gasteiger partial charge < -0.3 is 0 Å². The number of hydrogen-bond donors (Lipinski definition) is 0. The Kier molecular flexibility index (Phi) is 5.24. The van der Waals surface area contributed by atoms with Gasteiger partial charge in [-0.05, 0) is 17.0 Å². The lowest BCUT2D eigenvalue weighted by atomic mass is 10.0. The molecule has 0 atom stereocenters. The van der Waals surface area contributed by atoms with Crippen molar-refractivity contribution in [2.24, 2.45) is 0 Å². The standard InChI is InChI=1S/C18H25N3S/c1-15(2)17-5-3-16(4-6-17)11-20-7-9-21(10-8-20)12-18-13-22-14-19-18/h3-6,13-15H,7-12H2,1-2H3. The Labute approximate surface area is 137 Å². The topological polar surface area (TPSA) is 19.4 Å². The second kappa shape index (κ2) is 7.36. The highest BCUT2D eigenvalue weighted by molar-refractivity contribution is 7.07. The molecule has 0 aliphatic carbocycles. The van der Waals surface area contributed by atoms with E-state index in [9.17, 15) is 0 Å². The number of hydrogen-bond acceptors (Lipinski definition) is 4. The van der Waals surface area contributed by atoms with Gasteiger partial charge in [0.25, 0.3) is 0 Å². The van der Waals surface area contributed by atoms with Gasteiger partial charge in [-0.25, -0.2) is 4.98 Å². The Hall–Kier alpha value is -1.23. The zero-order valence-corrected chi connectivity index (χ0v) is 14.4. The zero-order valence-electron chi connectivity index (χ0n) is 13.5. The van der Waals surface area contributed by atoms with Crippen molar-refractivity contribution < 1.29 is 0 Å². The van der Waals surface area contributed by atoms with E-state index in [1.54, 1.807) is 11.3 Å². The third kappa shape index (κ3) is 4.15. The molecule has 22 heavy (non-hydrogen) atoms. The molecule has 2 aromatic rings. The van der Waals surface area contributed by atoms with Crippen molar-refractivity contribution in [1.29, 1.82) is 0 Å². The van der Waals surface area contributed by atoms with Gasteiger partial charge in [-0.15, -0.1) is 11.3 Å². The first-order valence-electron chi connectivity index (χ1n) is 8.11. The average Bonchev–Trinajstić information content (AvgIpc) is 3.03. The minimum Gasteiger partial charge on any atom is -0.297 e. The zero-order chi connectivity index (χ0) is 15.4. The summed E-state index contributed by atoms with van der Waals surface area (Å²) < 4.78 is 0. The second-order valence-electron chi connectivity index (χ2n) is 6.43. The van der Waals surface area contributed by atoms with Gasteiger partial charge in [0.1, 0.15) is 0 Å². The third-order valence-electron chi connectivity index (χ3n) is 4.39. The van der Waals surface area contributed by atoms with Gasteiger partial charge >= 0.3 is 0 Å². The molecule has 4 heteroatoms. The first-order valence-corrected chi connectivity index (χ1v) is 9.05. The van der Waals surface area contributed by atoms with E-state index < -0.39 is 0 Å². The molecule has 1 aliphatic rings. The number of benzene rings is 1. The molecule has 0 radical (unpaired) electrons. The third-order valence-corrected chi connectivity index (χ3v) is 5.02. The fourth-order valence-corrected chi connectivity index (χ4v) is 3.47. The van der Waals surface area contributed by atoms with Crippen LogP contribution in [0.4, 0.5) is 0 Å². The van der Waals surface area contributed by atoms with E-state index in [1.807, 2.05) is 5.51 Å². The van der Waals surface area contributed by atoms with Crippen molar-refractivity contribution in [3.63, 3.8) is 0 Å². The van der Waals surface area contributed by atoms with E-state index in [2.05, 4.69) is 58.3 Å². The molecule has 3 nitrogen and oxygen atoms in total. The van der Waals surface area contributed by atoms with Crippen molar-refractivity contribution in [2.45, 2.75) is 32.9 Å². The maximum Gasteiger partial charge on any atom is 0.0795 e. The van der Waals surface area contributed by atoms with Gasteiger partial charge in [-0.3, -0.25) is 9.80 Å². The molecule has 1 saturated heterocycles. The molecule has 0 unspecified atom stereocenters. The highest BCUT2D eigenvalue weighted by Gasteiger charge is 2.17. The van der Waals surface area contributed by atoms with Crippen LogP contribution in [0.2, 0.25) is 0 Å². The van der Waals surface area contributed by atoms with E-state index in [1.165, 1.54) is 16.8 Å². The summed E-state index contributed by atoms with van der Waals surface area (Å²) in [6.07, 6.45) is 0. The fraction of sp³-hybridized carbons (Fsp3) is 0.500. The maximum atomic E-state index is 4.38. The van der Waals surface area contributed by atoms with Gasteiger partial charge in [0.15, 0.2) is 0 Å². The molecule has 3 rings (SSSR count). The Morgan fingerprint density at radius 3 is 2.18 bits per heavy atom. The van der Waals surface area contributed by atoms with Gasteiger partial charge in [0.2, 0.25) is 0 Å². The first kappa shape index (κ1) is 15.7. The molecular formula is C18H25N3S. The summed E-state index contributed by atoms with van der Waals surface area (Å²) in [5.74, 6) is 0.614. The summed E-state index contributed by atoms with van der Waals surface area (Å²) in [5, 5.41) is 2.16. The van der Waals surface area contributed by atoms with Gasteiger partial charge in [0.05, 0.1) is 11.2 Å². The van der Waals surface area contributed by atoms with Gasteiger partial charge in [0, 0.05) is 44.6 Å². The fourth-order valence-electron chi connectivity index (χ4n) is 2.92. The molecule has 0 spiro atoms. The molecular weight excluding hydrogens is 290 g/mol. The predicted molar refractivity (Wildman–Crippen MR) is 93.2 cm³/mol. The lowest BCUT2D eigenvalue weighted by Crippen LogP contribution is -2.45. The molecule has 0 bridgehead atoms. The largest absolute Gasteiger partial charge is 0.297 e. The number of rotatable bonds is 5. The predicted octanol–water partition coefficient (Wildman–Crippen LogP) is 3.58. The highest BCUT2D eigenvalue weighted by Crippen LogP contribution is 2.16. The highest BCUT2D eigenvalue weighted by atomic mass is 32.1. The summed E-state index contributed by atoms with van der Waals surface area (Å²) >= 11 is 1.69. The van der Waals surface area contributed by atoms with E-state index in [4.69, 9.17) is 0 Å². The van der Waals surface area contributed by atoms with Crippen LogP contribution in [0, 0.1) is 0 Å². The van der Waals surface area contributed by atoms with Crippen LogP contribution in [-0.2, 0) is 13.1 Å². The van der Waals surface area contributed by atoms with Crippen LogP contribution >= 0.6 is 11.3 Å². The number of piperazine rings is 1. The normalized spacial score (nSPS) is 17.2. The van der Waals surface area contributed by atoms with Crippen LogP contribution in [0.25, 0.3) is 0 Å². The molecule has 0 amide bonds. The Morgan fingerprint density at radius 1 is 1.00 bits per heavy atom.